The van der Waals surface area contributed by atoms with Crippen molar-refractivity contribution in [2.75, 3.05) is 6.26 Å². The molecule has 0 saturated carbocycles. The molecule has 1 aromatic rings. The number of nitrogens with zero attached hydrogens (tertiary/aromatic N) is 2. The summed E-state index contributed by atoms with van der Waals surface area (Å²) in [4.78, 5) is 4.13. The Balaban J connectivity index is 2.83. The standard InChI is InChI=1S/C10H18N2O2S2/c1-4-6-7-8(5-2)9-11-10(12-15-9)16(3,13)14/h8H,4-7H2,1-3H3. The highest BCUT2D eigenvalue weighted by molar-refractivity contribution is 7.90. The lowest BCUT2D eigenvalue weighted by Crippen LogP contribution is -2.01. The van der Waals surface area contributed by atoms with Gasteiger partial charge in [-0.15, -0.1) is 0 Å². The van der Waals surface area contributed by atoms with E-state index < -0.39 is 9.84 Å². The summed E-state index contributed by atoms with van der Waals surface area (Å²) >= 11 is 1.22. The number of unbranched alkanes of at least 4 members (excludes halogenated alkanes) is 1. The number of hydrogen-bond acceptors (Lipinski definition) is 5. The van der Waals surface area contributed by atoms with E-state index in [1.165, 1.54) is 11.5 Å². The first-order valence-corrected chi connectivity index (χ1v) is 8.19. The van der Waals surface area contributed by atoms with Crippen LogP contribution >= 0.6 is 11.5 Å². The molecule has 1 atom stereocenters. The Morgan fingerprint density at radius 1 is 1.38 bits per heavy atom. The van der Waals surface area contributed by atoms with Crippen molar-refractivity contribution in [1.82, 2.24) is 9.36 Å². The maximum absolute atomic E-state index is 11.3. The summed E-state index contributed by atoms with van der Waals surface area (Å²) in [6.45, 7) is 4.25. The molecule has 1 unspecified atom stereocenters. The molecule has 0 bridgehead atoms. The van der Waals surface area contributed by atoms with Gasteiger partial charge in [-0.05, 0) is 24.4 Å². The van der Waals surface area contributed by atoms with E-state index in [2.05, 4.69) is 23.2 Å². The van der Waals surface area contributed by atoms with Crippen molar-refractivity contribution < 1.29 is 8.42 Å². The summed E-state index contributed by atoms with van der Waals surface area (Å²) in [7, 11) is -3.26. The van der Waals surface area contributed by atoms with Crippen molar-refractivity contribution in [1.29, 1.82) is 0 Å². The van der Waals surface area contributed by atoms with E-state index in [1.54, 1.807) is 0 Å². The molecule has 16 heavy (non-hydrogen) atoms. The first-order valence-electron chi connectivity index (χ1n) is 5.52. The van der Waals surface area contributed by atoms with Gasteiger partial charge in [0.25, 0.3) is 5.16 Å². The molecule has 0 fully saturated rings. The Morgan fingerprint density at radius 2 is 2.06 bits per heavy atom. The largest absolute Gasteiger partial charge is 0.258 e. The molecule has 0 aromatic carbocycles. The van der Waals surface area contributed by atoms with E-state index in [0.29, 0.717) is 5.92 Å². The fourth-order valence-electron chi connectivity index (χ4n) is 1.49. The van der Waals surface area contributed by atoms with Gasteiger partial charge in [0.15, 0.2) is 0 Å². The van der Waals surface area contributed by atoms with Gasteiger partial charge in [0, 0.05) is 12.2 Å². The van der Waals surface area contributed by atoms with Crippen LogP contribution in [-0.2, 0) is 9.84 Å². The van der Waals surface area contributed by atoms with Crippen LogP contribution in [0.15, 0.2) is 5.16 Å². The zero-order chi connectivity index (χ0) is 12.2. The third-order valence-corrected chi connectivity index (χ3v) is 4.34. The lowest BCUT2D eigenvalue weighted by molar-refractivity contribution is 0.561. The highest BCUT2D eigenvalue weighted by atomic mass is 32.2. The Bertz CT molecular complexity index is 426. The second-order valence-electron chi connectivity index (χ2n) is 3.93. The van der Waals surface area contributed by atoms with Crippen molar-refractivity contribution in [3.63, 3.8) is 0 Å². The molecule has 0 aliphatic heterocycles. The fourth-order valence-corrected chi connectivity index (χ4v) is 3.24. The van der Waals surface area contributed by atoms with Crippen LogP contribution in [0.2, 0.25) is 0 Å². The molecule has 0 radical (unpaired) electrons. The zero-order valence-corrected chi connectivity index (χ0v) is 11.6. The molecule has 92 valence electrons. The molecule has 0 saturated heterocycles. The molecule has 0 aliphatic rings. The monoisotopic (exact) mass is 262 g/mol. The van der Waals surface area contributed by atoms with Gasteiger partial charge < -0.3 is 0 Å². The fraction of sp³-hybridized carbons (Fsp3) is 0.800. The molecule has 6 heteroatoms. The minimum atomic E-state index is -3.26. The van der Waals surface area contributed by atoms with Crippen molar-refractivity contribution in [3.05, 3.63) is 5.01 Å². The van der Waals surface area contributed by atoms with Gasteiger partial charge in [0.1, 0.15) is 5.01 Å². The van der Waals surface area contributed by atoms with Crippen LogP contribution in [-0.4, -0.2) is 24.0 Å². The molecule has 4 nitrogen and oxygen atoms in total. The molecule has 0 spiro atoms. The Labute approximate surface area is 101 Å². The van der Waals surface area contributed by atoms with E-state index >= 15 is 0 Å². The van der Waals surface area contributed by atoms with Gasteiger partial charge in [0.2, 0.25) is 9.84 Å². The Morgan fingerprint density at radius 3 is 2.50 bits per heavy atom. The van der Waals surface area contributed by atoms with Crippen LogP contribution < -0.4 is 0 Å². The molecular formula is C10H18N2O2S2. The van der Waals surface area contributed by atoms with Crippen LogP contribution in [0, 0.1) is 0 Å². The molecule has 1 rings (SSSR count). The average Bonchev–Trinajstić information content (AvgIpc) is 2.68. The third kappa shape index (κ3) is 3.52. The molecule has 0 aliphatic carbocycles. The van der Waals surface area contributed by atoms with E-state index in [1.807, 2.05) is 0 Å². The smallest absolute Gasteiger partial charge is 0.221 e. The molecule has 0 amide bonds. The Kier molecular flexibility index (Phi) is 4.86. The topological polar surface area (TPSA) is 59.9 Å². The third-order valence-electron chi connectivity index (χ3n) is 2.50. The first kappa shape index (κ1) is 13.6. The van der Waals surface area contributed by atoms with E-state index in [9.17, 15) is 8.42 Å². The van der Waals surface area contributed by atoms with Crippen molar-refractivity contribution in [2.24, 2.45) is 0 Å². The molecule has 1 aromatic heterocycles. The highest BCUT2D eigenvalue weighted by Crippen LogP contribution is 2.27. The predicted octanol–water partition coefficient (Wildman–Crippen LogP) is 2.63. The maximum Gasteiger partial charge on any atom is 0.258 e. The van der Waals surface area contributed by atoms with Crippen LogP contribution in [0.4, 0.5) is 0 Å². The first-order chi connectivity index (χ1) is 7.49. The summed E-state index contributed by atoms with van der Waals surface area (Å²) in [6.07, 6.45) is 5.48. The second-order valence-corrected chi connectivity index (χ2v) is 6.63. The van der Waals surface area contributed by atoms with Gasteiger partial charge >= 0.3 is 0 Å². The number of rotatable bonds is 6. The summed E-state index contributed by atoms with van der Waals surface area (Å²) in [5.74, 6) is 0.355. The SMILES string of the molecule is CCCCC(CC)c1nc(S(C)(=O)=O)ns1. The molecular weight excluding hydrogens is 244 g/mol. The highest BCUT2D eigenvalue weighted by Gasteiger charge is 2.19. The second kappa shape index (κ2) is 5.72. The van der Waals surface area contributed by atoms with Gasteiger partial charge in [-0.25, -0.2) is 13.4 Å². The van der Waals surface area contributed by atoms with Gasteiger partial charge in [-0.2, -0.15) is 4.37 Å². The average molecular weight is 262 g/mol. The predicted molar refractivity (Wildman–Crippen MR) is 65.6 cm³/mol. The maximum atomic E-state index is 11.3. The van der Waals surface area contributed by atoms with Crippen LogP contribution in [0.5, 0.6) is 0 Å². The minimum Gasteiger partial charge on any atom is -0.221 e. The summed E-state index contributed by atoms with van der Waals surface area (Å²) < 4.78 is 26.4. The summed E-state index contributed by atoms with van der Waals surface area (Å²) in [5.41, 5.74) is 0. The number of hydrogen-bond donors (Lipinski definition) is 0. The van der Waals surface area contributed by atoms with Crippen LogP contribution in [0.25, 0.3) is 0 Å². The van der Waals surface area contributed by atoms with Crippen molar-refractivity contribution in [2.45, 2.75) is 50.6 Å². The Hall–Kier alpha value is -0.490. The molecule has 0 N–H and O–H groups in total. The number of sulfone groups is 1. The zero-order valence-electron chi connectivity index (χ0n) is 9.93. The lowest BCUT2D eigenvalue weighted by Gasteiger charge is -2.09. The van der Waals surface area contributed by atoms with Crippen molar-refractivity contribution >= 4 is 21.4 Å². The van der Waals surface area contributed by atoms with Crippen LogP contribution in [0.3, 0.4) is 0 Å². The normalized spacial score (nSPS) is 13.9. The van der Waals surface area contributed by atoms with Gasteiger partial charge in [-0.1, -0.05) is 26.7 Å². The van der Waals surface area contributed by atoms with Gasteiger partial charge in [0.05, 0.1) is 0 Å². The summed E-state index contributed by atoms with van der Waals surface area (Å²) in [5, 5.41) is 0.832. The van der Waals surface area contributed by atoms with Crippen LogP contribution in [0.1, 0.15) is 50.5 Å². The van der Waals surface area contributed by atoms with E-state index in [0.717, 1.165) is 36.9 Å². The van der Waals surface area contributed by atoms with Crippen molar-refractivity contribution in [3.8, 4) is 0 Å². The number of aromatic nitrogens is 2. The quantitative estimate of drug-likeness (QED) is 0.790. The minimum absolute atomic E-state index is 0.0255. The van der Waals surface area contributed by atoms with Gasteiger partial charge in [-0.3, -0.25) is 0 Å². The molecule has 1 heterocycles. The lowest BCUT2D eigenvalue weighted by atomic mass is 10.0. The summed E-state index contributed by atoms with van der Waals surface area (Å²) in [6, 6.07) is 0. The van der Waals surface area contributed by atoms with E-state index in [-0.39, 0.29) is 5.16 Å². The van der Waals surface area contributed by atoms with E-state index in [4.69, 9.17) is 0 Å².